The first-order chi connectivity index (χ1) is 16.0. The number of rotatable bonds is 8. The second-order valence-corrected chi connectivity index (χ2v) is 10.8. The average Bonchev–Trinajstić information content (AvgIpc) is 2.86. The molecule has 4 rings (SSSR count). The van der Waals surface area contributed by atoms with Crippen LogP contribution in [0, 0.1) is 0 Å². The molecule has 0 atom stereocenters. The summed E-state index contributed by atoms with van der Waals surface area (Å²) in [4.78, 5) is 14.8. The zero-order chi connectivity index (χ0) is 23.3. The van der Waals surface area contributed by atoms with Crippen LogP contribution in [0.3, 0.4) is 0 Å². The van der Waals surface area contributed by atoms with E-state index < -0.39 is 20.5 Å². The number of amides is 1. The van der Waals surface area contributed by atoms with Gasteiger partial charge >= 0.3 is 0 Å². The first-order valence-corrected chi connectivity index (χ1v) is 12.7. The highest BCUT2D eigenvalue weighted by Crippen LogP contribution is 2.35. The maximum Gasteiger partial charge on any atom is 0.265 e. The molecule has 0 unspecified atom stereocenters. The lowest BCUT2D eigenvalue weighted by molar-refractivity contribution is -0.134. The second-order valence-electron chi connectivity index (χ2n) is 8.52. The van der Waals surface area contributed by atoms with Gasteiger partial charge in [-0.15, -0.1) is 0 Å². The minimum atomic E-state index is -4.03. The molecule has 0 aromatic heterocycles. The van der Waals surface area contributed by atoms with Crippen LogP contribution in [-0.2, 0) is 32.3 Å². The molecule has 2 aromatic rings. The Kier molecular flexibility index (Phi) is 7.33. The van der Waals surface area contributed by atoms with E-state index in [4.69, 9.17) is 14.7 Å². The summed E-state index contributed by atoms with van der Waals surface area (Å²) in [5.41, 5.74) is 4.34. The summed E-state index contributed by atoms with van der Waals surface area (Å²) in [7, 11) is -4.03. The van der Waals surface area contributed by atoms with Gasteiger partial charge in [0.05, 0.1) is 11.5 Å². The van der Waals surface area contributed by atoms with Crippen molar-refractivity contribution < 1.29 is 27.9 Å². The van der Waals surface area contributed by atoms with Crippen molar-refractivity contribution in [3.63, 3.8) is 0 Å². The summed E-state index contributed by atoms with van der Waals surface area (Å²) in [5, 5.41) is 9.14. The highest BCUT2D eigenvalue weighted by Gasteiger charge is 2.52. The molecule has 33 heavy (non-hydrogen) atoms. The van der Waals surface area contributed by atoms with E-state index in [-0.39, 0.29) is 31.0 Å². The molecule has 2 aromatic carbocycles. The summed E-state index contributed by atoms with van der Waals surface area (Å²) in [6, 6.07) is 14.7. The SMILES string of the molecule is O=C(NO)C1(S(=O)(=O)c2ccc(OCCCN3CCc4ccccc4C3)cc2)CCOCC1. The maximum atomic E-state index is 13.3. The largest absolute Gasteiger partial charge is 0.494 e. The van der Waals surface area contributed by atoms with Crippen molar-refractivity contribution in [1.29, 1.82) is 0 Å². The lowest BCUT2D eigenvalue weighted by atomic mass is 9.98. The van der Waals surface area contributed by atoms with Crippen LogP contribution in [0.1, 0.15) is 30.4 Å². The van der Waals surface area contributed by atoms with Gasteiger partial charge < -0.3 is 9.47 Å². The molecular formula is C24H30N2O6S. The Balaban J connectivity index is 1.32. The van der Waals surface area contributed by atoms with Crippen LogP contribution in [0.2, 0.25) is 0 Å². The molecule has 0 bridgehead atoms. The van der Waals surface area contributed by atoms with E-state index in [2.05, 4.69) is 29.2 Å². The Morgan fingerprint density at radius 2 is 1.79 bits per heavy atom. The standard InChI is InChI=1S/C24H30N2O6S/c27-23(25-28)24(11-16-31-17-12-24)33(29,30)22-8-6-21(7-9-22)32-15-3-13-26-14-10-19-4-1-2-5-20(19)18-26/h1-2,4-9,28H,3,10-18H2,(H,25,27). The minimum absolute atomic E-state index is 0.0129. The van der Waals surface area contributed by atoms with E-state index in [1.807, 2.05) is 0 Å². The molecular weight excluding hydrogens is 444 g/mol. The molecule has 2 aliphatic rings. The van der Waals surface area contributed by atoms with Gasteiger partial charge in [0.1, 0.15) is 5.75 Å². The van der Waals surface area contributed by atoms with Gasteiger partial charge in [-0.3, -0.25) is 14.9 Å². The number of hydrogen-bond donors (Lipinski definition) is 2. The molecule has 8 nitrogen and oxygen atoms in total. The molecule has 1 saturated heterocycles. The van der Waals surface area contributed by atoms with Crippen LogP contribution in [0.4, 0.5) is 0 Å². The summed E-state index contributed by atoms with van der Waals surface area (Å²) < 4.78 is 35.8. The van der Waals surface area contributed by atoms with Crippen LogP contribution in [0.5, 0.6) is 5.75 Å². The minimum Gasteiger partial charge on any atom is -0.494 e. The van der Waals surface area contributed by atoms with Crippen molar-refractivity contribution in [2.24, 2.45) is 0 Å². The molecule has 1 amide bonds. The molecule has 1 fully saturated rings. The van der Waals surface area contributed by atoms with Crippen molar-refractivity contribution in [2.45, 2.75) is 41.9 Å². The smallest absolute Gasteiger partial charge is 0.265 e. The van der Waals surface area contributed by atoms with Gasteiger partial charge in [-0.05, 0) is 61.1 Å². The summed E-state index contributed by atoms with van der Waals surface area (Å²) in [6.45, 7) is 3.72. The molecule has 0 radical (unpaired) electrons. The Hall–Kier alpha value is -2.46. The topological polar surface area (TPSA) is 105 Å². The predicted octanol–water partition coefficient (Wildman–Crippen LogP) is 2.34. The van der Waals surface area contributed by atoms with Gasteiger partial charge in [0.15, 0.2) is 14.6 Å². The molecule has 2 N–H and O–H groups in total. The number of nitrogens with one attached hydrogen (secondary N) is 1. The third-order valence-corrected chi connectivity index (χ3v) is 9.08. The number of carbonyl (C=O) groups excluding carboxylic acids is 1. The molecule has 0 aliphatic carbocycles. The van der Waals surface area contributed by atoms with Crippen molar-refractivity contribution in [2.75, 3.05) is 32.9 Å². The summed E-state index contributed by atoms with van der Waals surface area (Å²) in [6.07, 6.45) is 1.90. The number of benzene rings is 2. The van der Waals surface area contributed by atoms with Crippen LogP contribution in [0.15, 0.2) is 53.4 Å². The maximum absolute atomic E-state index is 13.3. The lowest BCUT2D eigenvalue weighted by Gasteiger charge is -2.34. The lowest BCUT2D eigenvalue weighted by Crippen LogP contribution is -2.54. The Morgan fingerprint density at radius 3 is 2.48 bits per heavy atom. The zero-order valence-electron chi connectivity index (χ0n) is 18.5. The molecule has 2 aliphatic heterocycles. The second kappa shape index (κ2) is 10.2. The monoisotopic (exact) mass is 474 g/mol. The van der Waals surface area contributed by atoms with Crippen molar-refractivity contribution >= 4 is 15.7 Å². The number of hydrogen-bond acceptors (Lipinski definition) is 7. The predicted molar refractivity (Wildman–Crippen MR) is 122 cm³/mol. The van der Waals surface area contributed by atoms with E-state index in [0.717, 1.165) is 32.5 Å². The molecule has 2 heterocycles. The van der Waals surface area contributed by atoms with Crippen molar-refractivity contribution in [3.8, 4) is 5.75 Å². The fraction of sp³-hybridized carbons (Fsp3) is 0.458. The van der Waals surface area contributed by atoms with Crippen LogP contribution >= 0.6 is 0 Å². The first-order valence-electron chi connectivity index (χ1n) is 11.3. The molecule has 178 valence electrons. The molecule has 0 spiro atoms. The first kappa shape index (κ1) is 23.7. The molecule has 9 heteroatoms. The normalized spacial score (nSPS) is 18.3. The van der Waals surface area contributed by atoms with Gasteiger partial charge in [0, 0.05) is 32.8 Å². The van der Waals surface area contributed by atoms with Crippen LogP contribution in [-0.4, -0.2) is 62.1 Å². The Bertz CT molecular complexity index is 1060. The van der Waals surface area contributed by atoms with Gasteiger partial charge in [0.2, 0.25) is 0 Å². The molecule has 0 saturated carbocycles. The van der Waals surface area contributed by atoms with Gasteiger partial charge in [-0.2, -0.15) is 0 Å². The highest BCUT2D eigenvalue weighted by atomic mass is 32.2. The number of ether oxygens (including phenoxy) is 2. The number of fused-ring (bicyclic) bond motifs is 1. The fourth-order valence-corrected chi connectivity index (χ4v) is 6.52. The van der Waals surface area contributed by atoms with E-state index in [1.165, 1.54) is 28.7 Å². The number of hydroxylamine groups is 1. The van der Waals surface area contributed by atoms with Crippen molar-refractivity contribution in [1.82, 2.24) is 10.4 Å². The van der Waals surface area contributed by atoms with Crippen LogP contribution < -0.4 is 10.2 Å². The van der Waals surface area contributed by atoms with E-state index >= 15 is 0 Å². The number of sulfone groups is 1. The van der Waals surface area contributed by atoms with Gasteiger partial charge in [-0.1, -0.05) is 24.3 Å². The van der Waals surface area contributed by atoms with E-state index in [9.17, 15) is 13.2 Å². The Morgan fingerprint density at radius 1 is 1.09 bits per heavy atom. The average molecular weight is 475 g/mol. The summed E-state index contributed by atoms with van der Waals surface area (Å²) in [5.74, 6) is -0.350. The van der Waals surface area contributed by atoms with E-state index in [0.29, 0.717) is 12.4 Å². The van der Waals surface area contributed by atoms with Crippen molar-refractivity contribution in [3.05, 3.63) is 59.7 Å². The third-order valence-electron chi connectivity index (χ3n) is 6.56. The van der Waals surface area contributed by atoms with Crippen LogP contribution in [0.25, 0.3) is 0 Å². The third kappa shape index (κ3) is 4.91. The number of carbonyl (C=O) groups is 1. The van der Waals surface area contributed by atoms with Gasteiger partial charge in [-0.25, -0.2) is 13.9 Å². The van der Waals surface area contributed by atoms with Gasteiger partial charge in [0.25, 0.3) is 5.91 Å². The zero-order valence-corrected chi connectivity index (χ0v) is 19.4. The fourth-order valence-electron chi connectivity index (χ4n) is 4.58. The van der Waals surface area contributed by atoms with E-state index in [1.54, 1.807) is 12.1 Å². The number of nitrogens with zero attached hydrogens (tertiary/aromatic N) is 1. The highest BCUT2D eigenvalue weighted by molar-refractivity contribution is 7.93. The quantitative estimate of drug-likeness (QED) is 0.344. The summed E-state index contributed by atoms with van der Waals surface area (Å²) >= 11 is 0. The Labute approximate surface area is 194 Å².